The second-order valence-electron chi connectivity index (χ2n) is 5.57. The highest BCUT2D eigenvalue weighted by atomic mass is 32.1. The molecule has 7 heteroatoms. The minimum Gasteiger partial charge on any atom is -0.465 e. The van der Waals surface area contributed by atoms with Crippen molar-refractivity contribution in [2.24, 2.45) is 4.99 Å². The Bertz CT molecular complexity index is 996. The van der Waals surface area contributed by atoms with Gasteiger partial charge in [-0.05, 0) is 56.2 Å². The van der Waals surface area contributed by atoms with Crippen LogP contribution in [0, 0.1) is 13.8 Å². The molecule has 0 saturated carbocycles. The summed E-state index contributed by atoms with van der Waals surface area (Å²) < 4.78 is 12.8. The summed E-state index contributed by atoms with van der Waals surface area (Å²) in [6.45, 7) is 6.09. The van der Waals surface area contributed by atoms with Crippen LogP contribution in [0.1, 0.15) is 28.6 Å². The Morgan fingerprint density at radius 2 is 2.04 bits per heavy atom. The molecule has 0 unspecified atom stereocenters. The van der Waals surface area contributed by atoms with Crippen LogP contribution in [-0.2, 0) is 16.1 Å². The molecule has 0 aliphatic heterocycles. The van der Waals surface area contributed by atoms with E-state index in [0.29, 0.717) is 11.4 Å². The topological polar surface area (TPSA) is 73.8 Å². The lowest BCUT2D eigenvalue weighted by Gasteiger charge is -2.06. The van der Waals surface area contributed by atoms with Crippen LogP contribution in [0.25, 0.3) is 10.2 Å². The number of thiazole rings is 1. The lowest BCUT2D eigenvalue weighted by atomic mass is 10.1. The molecule has 1 amide bonds. The molecule has 6 nitrogen and oxygen atoms in total. The van der Waals surface area contributed by atoms with Gasteiger partial charge in [-0.15, -0.1) is 0 Å². The summed E-state index contributed by atoms with van der Waals surface area (Å²) in [6, 6.07) is 7.22. The van der Waals surface area contributed by atoms with Crippen molar-refractivity contribution >= 4 is 33.4 Å². The van der Waals surface area contributed by atoms with Gasteiger partial charge in [0.25, 0.3) is 0 Å². The average Bonchev–Trinajstić information content (AvgIpc) is 3.19. The molecular weight excluding hydrogens is 340 g/mol. The minimum atomic E-state index is -0.484. The van der Waals surface area contributed by atoms with E-state index in [1.807, 2.05) is 26.0 Å². The lowest BCUT2D eigenvalue weighted by molar-refractivity contribution is -0.143. The van der Waals surface area contributed by atoms with E-state index in [2.05, 4.69) is 4.99 Å². The van der Waals surface area contributed by atoms with E-state index in [1.165, 1.54) is 17.6 Å². The summed E-state index contributed by atoms with van der Waals surface area (Å²) >= 11 is 1.36. The molecule has 0 atom stereocenters. The number of aryl methyl sites for hydroxylation is 2. The highest BCUT2D eigenvalue weighted by Gasteiger charge is 2.14. The highest BCUT2D eigenvalue weighted by Crippen LogP contribution is 2.22. The van der Waals surface area contributed by atoms with E-state index < -0.39 is 5.91 Å². The molecule has 0 aliphatic carbocycles. The van der Waals surface area contributed by atoms with Crippen LogP contribution in [0.3, 0.4) is 0 Å². The predicted octanol–water partition coefficient (Wildman–Crippen LogP) is 3.22. The zero-order valence-corrected chi connectivity index (χ0v) is 15.1. The number of nitrogens with zero attached hydrogens (tertiary/aromatic N) is 2. The quantitative estimate of drug-likeness (QED) is 0.671. The number of aromatic nitrogens is 1. The van der Waals surface area contributed by atoms with Crippen LogP contribution in [0.2, 0.25) is 0 Å². The number of rotatable bonds is 4. The molecule has 130 valence electrons. The monoisotopic (exact) mass is 358 g/mol. The fourth-order valence-electron chi connectivity index (χ4n) is 2.44. The summed E-state index contributed by atoms with van der Waals surface area (Å²) in [4.78, 5) is 28.8. The molecular formula is C18H18N2O4S. The summed E-state index contributed by atoms with van der Waals surface area (Å²) in [7, 11) is 0. The first-order valence-corrected chi connectivity index (χ1v) is 8.70. The van der Waals surface area contributed by atoms with Gasteiger partial charge in [-0.1, -0.05) is 11.3 Å². The standard InChI is InChI=1S/C18H18N2O4S/c1-4-23-16(21)10-20-13-8-11(2)12(3)9-15(13)25-18(20)19-17(22)14-6-5-7-24-14/h5-9H,4,10H2,1-3H3. The molecule has 0 spiro atoms. The third-order valence-electron chi connectivity index (χ3n) is 3.82. The first-order valence-electron chi connectivity index (χ1n) is 7.88. The second-order valence-corrected chi connectivity index (χ2v) is 6.58. The normalized spacial score (nSPS) is 11.9. The highest BCUT2D eigenvalue weighted by molar-refractivity contribution is 7.16. The smallest absolute Gasteiger partial charge is 0.326 e. The molecule has 0 saturated heterocycles. The Morgan fingerprint density at radius 3 is 2.72 bits per heavy atom. The zero-order chi connectivity index (χ0) is 18.0. The summed E-state index contributed by atoms with van der Waals surface area (Å²) in [6.07, 6.45) is 1.42. The van der Waals surface area contributed by atoms with Gasteiger partial charge < -0.3 is 13.7 Å². The number of benzene rings is 1. The lowest BCUT2D eigenvalue weighted by Crippen LogP contribution is -2.23. The number of furan rings is 1. The number of carbonyl (C=O) groups is 2. The van der Waals surface area contributed by atoms with Gasteiger partial charge in [0.2, 0.25) is 0 Å². The van der Waals surface area contributed by atoms with E-state index in [-0.39, 0.29) is 18.3 Å². The maximum Gasteiger partial charge on any atom is 0.326 e. The SMILES string of the molecule is CCOC(=O)Cn1c(=NC(=O)c2ccco2)sc2cc(C)c(C)cc21. The van der Waals surface area contributed by atoms with Crippen LogP contribution in [0.15, 0.2) is 39.9 Å². The Kier molecular flexibility index (Phi) is 4.85. The molecule has 2 heterocycles. The van der Waals surface area contributed by atoms with Crippen molar-refractivity contribution in [3.8, 4) is 0 Å². The maximum absolute atomic E-state index is 12.3. The van der Waals surface area contributed by atoms with Gasteiger partial charge in [0.1, 0.15) is 6.54 Å². The summed E-state index contributed by atoms with van der Waals surface area (Å²) in [5.41, 5.74) is 3.10. The number of fused-ring (bicyclic) bond motifs is 1. The van der Waals surface area contributed by atoms with Crippen molar-refractivity contribution in [2.45, 2.75) is 27.3 Å². The van der Waals surface area contributed by atoms with Crippen LogP contribution < -0.4 is 4.80 Å². The number of hydrogen-bond donors (Lipinski definition) is 0. The molecule has 3 rings (SSSR count). The van der Waals surface area contributed by atoms with Crippen molar-refractivity contribution in [3.05, 3.63) is 52.2 Å². The third-order valence-corrected chi connectivity index (χ3v) is 4.86. The van der Waals surface area contributed by atoms with Crippen molar-refractivity contribution in [3.63, 3.8) is 0 Å². The molecule has 0 fully saturated rings. The Hall–Kier alpha value is -2.67. The molecule has 2 aromatic heterocycles. The number of hydrogen-bond acceptors (Lipinski definition) is 5. The van der Waals surface area contributed by atoms with Crippen LogP contribution in [0.4, 0.5) is 0 Å². The fourth-order valence-corrected chi connectivity index (χ4v) is 3.55. The number of carbonyl (C=O) groups excluding carboxylic acids is 2. The predicted molar refractivity (Wildman–Crippen MR) is 94.5 cm³/mol. The first-order chi connectivity index (χ1) is 12.0. The van der Waals surface area contributed by atoms with Crippen LogP contribution in [-0.4, -0.2) is 23.1 Å². The van der Waals surface area contributed by atoms with Gasteiger partial charge >= 0.3 is 11.9 Å². The average molecular weight is 358 g/mol. The molecule has 3 aromatic rings. The van der Waals surface area contributed by atoms with E-state index >= 15 is 0 Å². The largest absolute Gasteiger partial charge is 0.465 e. The van der Waals surface area contributed by atoms with Gasteiger partial charge in [0.15, 0.2) is 10.6 Å². The molecule has 0 N–H and O–H groups in total. The van der Waals surface area contributed by atoms with Crippen LogP contribution in [0.5, 0.6) is 0 Å². The molecule has 0 bridgehead atoms. The second kappa shape index (κ2) is 7.06. The van der Waals surface area contributed by atoms with E-state index in [1.54, 1.807) is 23.6 Å². The molecule has 25 heavy (non-hydrogen) atoms. The first kappa shape index (κ1) is 17.2. The van der Waals surface area contributed by atoms with Crippen molar-refractivity contribution in [2.75, 3.05) is 6.61 Å². The zero-order valence-electron chi connectivity index (χ0n) is 14.2. The van der Waals surface area contributed by atoms with E-state index in [0.717, 1.165) is 21.3 Å². The Balaban J connectivity index is 2.15. The van der Waals surface area contributed by atoms with E-state index in [4.69, 9.17) is 9.15 Å². The maximum atomic E-state index is 12.3. The number of amides is 1. The number of esters is 1. The summed E-state index contributed by atoms with van der Waals surface area (Å²) in [5.74, 6) is -0.692. The molecule has 1 aromatic carbocycles. The van der Waals surface area contributed by atoms with Crippen molar-refractivity contribution < 1.29 is 18.7 Å². The van der Waals surface area contributed by atoms with Gasteiger partial charge in [0, 0.05) is 0 Å². The fraction of sp³-hybridized carbons (Fsp3) is 0.278. The minimum absolute atomic E-state index is 0.000604. The molecule has 0 aliphatic rings. The van der Waals surface area contributed by atoms with Gasteiger partial charge in [0.05, 0.1) is 23.1 Å². The van der Waals surface area contributed by atoms with Crippen LogP contribution >= 0.6 is 11.3 Å². The number of ether oxygens (including phenoxy) is 1. The third kappa shape index (κ3) is 3.56. The molecule has 0 radical (unpaired) electrons. The van der Waals surface area contributed by atoms with Gasteiger partial charge in [-0.2, -0.15) is 4.99 Å². The van der Waals surface area contributed by atoms with Gasteiger partial charge in [-0.3, -0.25) is 9.59 Å². The Morgan fingerprint density at radius 1 is 1.28 bits per heavy atom. The van der Waals surface area contributed by atoms with Gasteiger partial charge in [-0.25, -0.2) is 0 Å². The summed E-state index contributed by atoms with van der Waals surface area (Å²) in [5, 5.41) is 0. The van der Waals surface area contributed by atoms with E-state index in [9.17, 15) is 9.59 Å². The van der Waals surface area contributed by atoms with Crippen molar-refractivity contribution in [1.29, 1.82) is 0 Å². The Labute approximate surface area is 148 Å². The van der Waals surface area contributed by atoms with Crippen molar-refractivity contribution in [1.82, 2.24) is 4.57 Å².